The molecule has 1 saturated heterocycles. The van der Waals surface area contributed by atoms with Gasteiger partial charge in [-0.3, -0.25) is 0 Å². The van der Waals surface area contributed by atoms with Crippen molar-refractivity contribution in [3.63, 3.8) is 0 Å². The molecular formula is C12H15NO3. The molecule has 86 valence electrons. The second kappa shape index (κ2) is 4.53. The molecule has 1 aromatic carbocycles. The lowest BCUT2D eigenvalue weighted by molar-refractivity contribution is 0.0697. The van der Waals surface area contributed by atoms with Gasteiger partial charge in [0.15, 0.2) is 0 Å². The standard InChI is InChI=1S/C12H15NO3/c1-9-6-10(12(14)15)8-11(7-9)13-2-4-16-5-3-13/h6-8H,2-5H2,1H3,(H,14,15). The molecule has 2 rings (SSSR count). The first kappa shape index (κ1) is 11.0. The highest BCUT2D eigenvalue weighted by molar-refractivity contribution is 5.89. The zero-order valence-corrected chi connectivity index (χ0v) is 9.27. The van der Waals surface area contributed by atoms with Gasteiger partial charge < -0.3 is 14.7 Å². The van der Waals surface area contributed by atoms with Crippen molar-refractivity contribution in [3.05, 3.63) is 29.3 Å². The molecule has 0 atom stereocenters. The largest absolute Gasteiger partial charge is 0.478 e. The highest BCUT2D eigenvalue weighted by Crippen LogP contribution is 2.20. The van der Waals surface area contributed by atoms with E-state index in [9.17, 15) is 4.79 Å². The predicted molar refractivity (Wildman–Crippen MR) is 61.2 cm³/mol. The molecule has 0 saturated carbocycles. The molecule has 1 aliphatic heterocycles. The number of hydrogen-bond acceptors (Lipinski definition) is 3. The van der Waals surface area contributed by atoms with Crippen molar-refractivity contribution in [1.29, 1.82) is 0 Å². The summed E-state index contributed by atoms with van der Waals surface area (Å²) in [6.45, 7) is 4.97. The number of benzene rings is 1. The third-order valence-corrected chi connectivity index (χ3v) is 2.69. The zero-order chi connectivity index (χ0) is 11.5. The number of anilines is 1. The smallest absolute Gasteiger partial charge is 0.335 e. The highest BCUT2D eigenvalue weighted by atomic mass is 16.5. The molecule has 0 radical (unpaired) electrons. The second-order valence-corrected chi connectivity index (χ2v) is 3.96. The minimum Gasteiger partial charge on any atom is -0.478 e. The number of carbonyl (C=O) groups is 1. The van der Waals surface area contributed by atoms with Crippen LogP contribution in [0.15, 0.2) is 18.2 Å². The molecular weight excluding hydrogens is 206 g/mol. The fourth-order valence-electron chi connectivity index (χ4n) is 1.89. The lowest BCUT2D eigenvalue weighted by atomic mass is 10.1. The van der Waals surface area contributed by atoms with Crippen LogP contribution in [0.4, 0.5) is 5.69 Å². The molecule has 0 spiro atoms. The summed E-state index contributed by atoms with van der Waals surface area (Å²) in [7, 11) is 0. The van der Waals surface area contributed by atoms with E-state index >= 15 is 0 Å². The summed E-state index contributed by atoms with van der Waals surface area (Å²) in [6.07, 6.45) is 0. The zero-order valence-electron chi connectivity index (χ0n) is 9.27. The molecule has 0 unspecified atom stereocenters. The molecule has 4 heteroatoms. The van der Waals surface area contributed by atoms with Gasteiger partial charge >= 0.3 is 5.97 Å². The predicted octanol–water partition coefficient (Wildman–Crippen LogP) is 1.53. The van der Waals surface area contributed by atoms with Gasteiger partial charge in [0, 0.05) is 18.8 Å². The van der Waals surface area contributed by atoms with Gasteiger partial charge in [-0.15, -0.1) is 0 Å². The summed E-state index contributed by atoms with van der Waals surface area (Å²) >= 11 is 0. The van der Waals surface area contributed by atoms with Crippen molar-refractivity contribution in [1.82, 2.24) is 0 Å². The van der Waals surface area contributed by atoms with E-state index in [4.69, 9.17) is 9.84 Å². The topological polar surface area (TPSA) is 49.8 Å². The third-order valence-electron chi connectivity index (χ3n) is 2.69. The summed E-state index contributed by atoms with van der Waals surface area (Å²) < 4.78 is 5.27. The molecule has 0 amide bonds. The average Bonchev–Trinajstić information content (AvgIpc) is 2.29. The fraction of sp³-hybridized carbons (Fsp3) is 0.417. The number of rotatable bonds is 2. The molecule has 16 heavy (non-hydrogen) atoms. The van der Waals surface area contributed by atoms with Crippen LogP contribution in [-0.4, -0.2) is 37.4 Å². The number of morpholine rings is 1. The van der Waals surface area contributed by atoms with Crippen LogP contribution in [0.5, 0.6) is 0 Å². The summed E-state index contributed by atoms with van der Waals surface area (Å²) in [4.78, 5) is 13.1. The van der Waals surface area contributed by atoms with Crippen LogP contribution in [0.3, 0.4) is 0 Å². The maximum Gasteiger partial charge on any atom is 0.335 e. The molecule has 4 nitrogen and oxygen atoms in total. The number of ether oxygens (including phenoxy) is 1. The average molecular weight is 221 g/mol. The molecule has 1 N–H and O–H groups in total. The van der Waals surface area contributed by atoms with E-state index in [-0.39, 0.29) is 0 Å². The van der Waals surface area contributed by atoms with Crippen molar-refractivity contribution in [2.45, 2.75) is 6.92 Å². The Labute approximate surface area is 94.4 Å². The second-order valence-electron chi connectivity index (χ2n) is 3.96. The quantitative estimate of drug-likeness (QED) is 0.822. The van der Waals surface area contributed by atoms with Gasteiger partial charge in [-0.05, 0) is 30.7 Å². The van der Waals surface area contributed by atoms with Crippen molar-refractivity contribution >= 4 is 11.7 Å². The summed E-state index contributed by atoms with van der Waals surface area (Å²) in [5, 5.41) is 8.99. The van der Waals surface area contributed by atoms with Crippen LogP contribution in [0, 0.1) is 6.92 Å². The van der Waals surface area contributed by atoms with Crippen LogP contribution < -0.4 is 4.90 Å². The molecule has 1 aromatic rings. The molecule has 1 heterocycles. The van der Waals surface area contributed by atoms with Gasteiger partial charge in [0.1, 0.15) is 0 Å². The van der Waals surface area contributed by atoms with Crippen molar-refractivity contribution in [3.8, 4) is 0 Å². The van der Waals surface area contributed by atoms with E-state index in [1.165, 1.54) is 0 Å². The van der Waals surface area contributed by atoms with Gasteiger partial charge in [-0.1, -0.05) is 0 Å². The number of aromatic carboxylic acids is 1. The van der Waals surface area contributed by atoms with Gasteiger partial charge in [0.05, 0.1) is 18.8 Å². The van der Waals surface area contributed by atoms with Crippen LogP contribution in [0.2, 0.25) is 0 Å². The van der Waals surface area contributed by atoms with Crippen molar-refractivity contribution in [2.75, 3.05) is 31.2 Å². The Morgan fingerprint density at radius 3 is 2.62 bits per heavy atom. The Hall–Kier alpha value is -1.55. The SMILES string of the molecule is Cc1cc(C(=O)O)cc(N2CCOCC2)c1. The van der Waals surface area contributed by atoms with E-state index in [1.807, 2.05) is 13.0 Å². The molecule has 0 aromatic heterocycles. The van der Waals surface area contributed by atoms with Crippen LogP contribution >= 0.6 is 0 Å². The Morgan fingerprint density at radius 2 is 2.00 bits per heavy atom. The highest BCUT2D eigenvalue weighted by Gasteiger charge is 2.13. The Balaban J connectivity index is 2.28. The first-order chi connectivity index (χ1) is 7.66. The van der Waals surface area contributed by atoms with Crippen molar-refractivity contribution < 1.29 is 14.6 Å². The van der Waals surface area contributed by atoms with Crippen LogP contribution in [0.1, 0.15) is 15.9 Å². The third kappa shape index (κ3) is 2.33. The lowest BCUT2D eigenvalue weighted by Crippen LogP contribution is -2.36. The van der Waals surface area contributed by atoms with Crippen LogP contribution in [-0.2, 0) is 4.74 Å². The number of aryl methyl sites for hydroxylation is 1. The monoisotopic (exact) mass is 221 g/mol. The number of carboxylic acid groups (broad SMARTS) is 1. The van der Waals surface area contributed by atoms with E-state index < -0.39 is 5.97 Å². The van der Waals surface area contributed by atoms with Gasteiger partial charge in [0.25, 0.3) is 0 Å². The Morgan fingerprint density at radius 1 is 1.31 bits per heavy atom. The number of hydrogen-bond donors (Lipinski definition) is 1. The maximum atomic E-state index is 10.9. The normalized spacial score (nSPS) is 16.2. The molecule has 1 aliphatic rings. The van der Waals surface area contributed by atoms with E-state index in [2.05, 4.69) is 4.90 Å². The summed E-state index contributed by atoms with van der Waals surface area (Å²) in [6, 6.07) is 5.42. The van der Waals surface area contributed by atoms with E-state index in [0.717, 1.165) is 24.3 Å². The minimum atomic E-state index is -0.877. The van der Waals surface area contributed by atoms with Crippen molar-refractivity contribution in [2.24, 2.45) is 0 Å². The fourth-order valence-corrected chi connectivity index (χ4v) is 1.89. The van der Waals surface area contributed by atoms with Gasteiger partial charge in [0.2, 0.25) is 0 Å². The van der Waals surface area contributed by atoms with Crippen LogP contribution in [0.25, 0.3) is 0 Å². The number of carboxylic acids is 1. The lowest BCUT2D eigenvalue weighted by Gasteiger charge is -2.29. The summed E-state index contributed by atoms with van der Waals surface area (Å²) in [5.41, 5.74) is 2.29. The maximum absolute atomic E-state index is 10.9. The number of nitrogens with zero attached hydrogens (tertiary/aromatic N) is 1. The van der Waals surface area contributed by atoms with Gasteiger partial charge in [-0.2, -0.15) is 0 Å². The Kier molecular flexibility index (Phi) is 3.10. The molecule has 1 fully saturated rings. The first-order valence-electron chi connectivity index (χ1n) is 5.34. The summed E-state index contributed by atoms with van der Waals surface area (Å²) in [5.74, 6) is -0.877. The van der Waals surface area contributed by atoms with Gasteiger partial charge in [-0.25, -0.2) is 4.79 Å². The first-order valence-corrected chi connectivity index (χ1v) is 5.34. The molecule has 0 aliphatic carbocycles. The Bertz CT molecular complexity index is 397. The molecule has 0 bridgehead atoms. The minimum absolute atomic E-state index is 0.349. The van der Waals surface area contributed by atoms with E-state index in [0.29, 0.717) is 18.8 Å². The van der Waals surface area contributed by atoms with E-state index in [1.54, 1.807) is 12.1 Å².